The van der Waals surface area contributed by atoms with Crippen LogP contribution in [-0.2, 0) is 17.1 Å². The third-order valence-corrected chi connectivity index (χ3v) is 7.62. The summed E-state index contributed by atoms with van der Waals surface area (Å²) in [4.78, 5) is 19.5. The van der Waals surface area contributed by atoms with Gasteiger partial charge in [0.1, 0.15) is 11.1 Å². The van der Waals surface area contributed by atoms with Gasteiger partial charge in [0, 0.05) is 38.4 Å². The van der Waals surface area contributed by atoms with Gasteiger partial charge in [-0.2, -0.15) is 14.4 Å². The van der Waals surface area contributed by atoms with Crippen LogP contribution in [0.5, 0.6) is 0 Å². The lowest BCUT2D eigenvalue weighted by molar-refractivity contribution is -0.384. The van der Waals surface area contributed by atoms with E-state index < -0.39 is 14.9 Å². The van der Waals surface area contributed by atoms with Crippen molar-refractivity contribution in [3.8, 4) is 0 Å². The third kappa shape index (κ3) is 4.77. The summed E-state index contributed by atoms with van der Waals surface area (Å²) in [6, 6.07) is 0.156. The van der Waals surface area contributed by atoms with Crippen LogP contribution in [0.15, 0.2) is 23.5 Å². The number of aromatic nitrogens is 4. The normalized spacial score (nSPS) is 18.9. The summed E-state index contributed by atoms with van der Waals surface area (Å²) in [5.74, 6) is 0.533. The van der Waals surface area contributed by atoms with Crippen LogP contribution in [0.3, 0.4) is 0 Å². The molecule has 4 rings (SSSR count). The highest BCUT2D eigenvalue weighted by Crippen LogP contribution is 2.28. The minimum Gasteiger partial charge on any atom is -0.361 e. The van der Waals surface area contributed by atoms with E-state index in [0.29, 0.717) is 31.9 Å². The summed E-state index contributed by atoms with van der Waals surface area (Å²) in [5, 5.41) is 21.7. The first-order chi connectivity index (χ1) is 14.8. The minimum atomic E-state index is -3.57. The molecule has 31 heavy (non-hydrogen) atoms. The molecule has 168 valence electrons. The Bertz CT molecular complexity index is 1040. The Kier molecular flexibility index (Phi) is 6.05. The van der Waals surface area contributed by atoms with Crippen molar-refractivity contribution in [2.45, 2.75) is 55.5 Å². The highest BCUT2D eigenvalue weighted by atomic mass is 32.2. The molecule has 3 heterocycles. The van der Waals surface area contributed by atoms with Crippen molar-refractivity contribution in [2.75, 3.05) is 23.7 Å². The molecular formula is C18H26N8O4S. The molecule has 2 aliphatic rings. The molecular weight excluding hydrogens is 424 g/mol. The molecule has 2 N–H and O–H groups in total. The van der Waals surface area contributed by atoms with Gasteiger partial charge in [-0.15, -0.1) is 0 Å². The van der Waals surface area contributed by atoms with Crippen molar-refractivity contribution in [1.29, 1.82) is 0 Å². The van der Waals surface area contributed by atoms with Gasteiger partial charge in [0.15, 0.2) is 0 Å². The first-order valence-electron chi connectivity index (χ1n) is 10.4. The molecule has 2 aromatic heterocycles. The number of anilines is 2. The van der Waals surface area contributed by atoms with Crippen LogP contribution in [0.1, 0.15) is 38.5 Å². The average Bonchev–Trinajstić information content (AvgIpc) is 3.40. The molecule has 12 nitrogen and oxygen atoms in total. The molecule has 0 bridgehead atoms. The van der Waals surface area contributed by atoms with Crippen molar-refractivity contribution in [3.63, 3.8) is 0 Å². The van der Waals surface area contributed by atoms with E-state index in [1.807, 2.05) is 0 Å². The van der Waals surface area contributed by atoms with E-state index in [1.54, 1.807) is 7.05 Å². The number of piperidine rings is 1. The smallest absolute Gasteiger partial charge is 0.329 e. The van der Waals surface area contributed by atoms with Gasteiger partial charge in [-0.25, -0.2) is 13.4 Å². The molecule has 0 spiro atoms. The number of rotatable bonds is 7. The van der Waals surface area contributed by atoms with Crippen LogP contribution in [0.25, 0.3) is 0 Å². The first kappa shape index (κ1) is 21.4. The maximum Gasteiger partial charge on any atom is 0.329 e. The number of nitrogens with one attached hydrogen (secondary N) is 2. The summed E-state index contributed by atoms with van der Waals surface area (Å²) in [6.07, 6.45) is 9.34. The lowest BCUT2D eigenvalue weighted by atomic mass is 10.1. The highest BCUT2D eigenvalue weighted by Gasteiger charge is 2.31. The molecule has 0 atom stereocenters. The lowest BCUT2D eigenvalue weighted by Gasteiger charge is -2.31. The molecule has 13 heteroatoms. The molecule has 2 fully saturated rings. The maximum atomic E-state index is 12.7. The van der Waals surface area contributed by atoms with Crippen molar-refractivity contribution in [2.24, 2.45) is 7.05 Å². The number of nitrogens with zero attached hydrogens (tertiary/aromatic N) is 6. The van der Waals surface area contributed by atoms with Gasteiger partial charge >= 0.3 is 5.69 Å². The molecule has 1 aliphatic heterocycles. The van der Waals surface area contributed by atoms with Gasteiger partial charge in [0.25, 0.3) is 0 Å². The van der Waals surface area contributed by atoms with Crippen LogP contribution in [0.4, 0.5) is 17.5 Å². The van der Waals surface area contributed by atoms with Crippen LogP contribution in [0.2, 0.25) is 0 Å². The fourth-order valence-electron chi connectivity index (χ4n) is 4.05. The van der Waals surface area contributed by atoms with E-state index in [1.165, 1.54) is 27.6 Å². The van der Waals surface area contributed by atoms with E-state index in [9.17, 15) is 18.5 Å². The molecule has 0 radical (unpaired) electrons. The fraction of sp³-hybridized carbons (Fsp3) is 0.611. The Morgan fingerprint density at radius 2 is 1.77 bits per heavy atom. The third-order valence-electron chi connectivity index (χ3n) is 5.77. The zero-order valence-corrected chi connectivity index (χ0v) is 18.1. The monoisotopic (exact) mass is 450 g/mol. The molecule has 1 saturated carbocycles. The number of sulfonamides is 1. The molecule has 0 amide bonds. The maximum absolute atomic E-state index is 12.7. The standard InChI is InChI=1S/C18H26N8O4S/c1-24-12-15(10-20-24)31(29,30)25-8-6-14(7-9-25)22-18-19-11-16(26(27)28)17(23-18)21-13-4-2-3-5-13/h10-14H,2-9H2,1H3,(H2,19,21,22,23). The van der Waals surface area contributed by atoms with Crippen LogP contribution in [-0.4, -0.2) is 62.6 Å². The average molecular weight is 451 g/mol. The number of hydrogen-bond acceptors (Lipinski definition) is 9. The lowest BCUT2D eigenvalue weighted by Crippen LogP contribution is -2.42. The van der Waals surface area contributed by atoms with Gasteiger partial charge in [0.2, 0.25) is 21.8 Å². The van der Waals surface area contributed by atoms with Crippen LogP contribution in [0, 0.1) is 10.1 Å². The van der Waals surface area contributed by atoms with E-state index in [2.05, 4.69) is 25.7 Å². The zero-order valence-electron chi connectivity index (χ0n) is 17.3. The first-order valence-corrected chi connectivity index (χ1v) is 11.8. The second kappa shape index (κ2) is 8.75. The zero-order chi connectivity index (χ0) is 22.0. The Hall–Kier alpha value is -2.80. The number of nitro groups is 1. The Balaban J connectivity index is 1.40. The summed E-state index contributed by atoms with van der Waals surface area (Å²) >= 11 is 0. The molecule has 1 saturated heterocycles. The van der Waals surface area contributed by atoms with Gasteiger partial charge in [-0.05, 0) is 25.7 Å². The molecule has 0 unspecified atom stereocenters. The highest BCUT2D eigenvalue weighted by molar-refractivity contribution is 7.89. The van der Waals surface area contributed by atoms with Crippen molar-refractivity contribution in [1.82, 2.24) is 24.1 Å². The second-order valence-corrected chi connectivity index (χ2v) is 9.92. The minimum absolute atomic E-state index is 0.0267. The fourth-order valence-corrected chi connectivity index (χ4v) is 5.51. The van der Waals surface area contributed by atoms with Crippen LogP contribution >= 0.6 is 0 Å². The quantitative estimate of drug-likeness (QED) is 0.475. The molecule has 0 aromatic carbocycles. The van der Waals surface area contributed by atoms with Gasteiger partial charge in [-0.1, -0.05) is 12.8 Å². The molecule has 1 aliphatic carbocycles. The van der Waals surface area contributed by atoms with E-state index in [4.69, 9.17) is 0 Å². The van der Waals surface area contributed by atoms with E-state index in [0.717, 1.165) is 25.7 Å². The van der Waals surface area contributed by atoms with Gasteiger partial charge in [0.05, 0.1) is 11.1 Å². The van der Waals surface area contributed by atoms with Gasteiger partial charge in [-0.3, -0.25) is 14.8 Å². The predicted molar refractivity (Wildman–Crippen MR) is 113 cm³/mol. The summed E-state index contributed by atoms with van der Waals surface area (Å²) in [6.45, 7) is 0.712. The summed E-state index contributed by atoms with van der Waals surface area (Å²) in [5.41, 5.74) is -0.144. The predicted octanol–water partition coefficient (Wildman–Crippen LogP) is 1.74. The van der Waals surface area contributed by atoms with Gasteiger partial charge < -0.3 is 10.6 Å². The van der Waals surface area contributed by atoms with Crippen molar-refractivity contribution >= 4 is 27.5 Å². The van der Waals surface area contributed by atoms with Crippen molar-refractivity contribution in [3.05, 3.63) is 28.7 Å². The summed E-state index contributed by atoms with van der Waals surface area (Å²) in [7, 11) is -1.89. The largest absolute Gasteiger partial charge is 0.361 e. The van der Waals surface area contributed by atoms with Crippen molar-refractivity contribution < 1.29 is 13.3 Å². The second-order valence-electron chi connectivity index (χ2n) is 7.98. The Morgan fingerprint density at radius 3 is 2.39 bits per heavy atom. The summed E-state index contributed by atoms with van der Waals surface area (Å²) < 4.78 is 28.4. The Morgan fingerprint density at radius 1 is 1.10 bits per heavy atom. The molecule has 2 aromatic rings. The Labute approximate surface area is 180 Å². The SMILES string of the molecule is Cn1cc(S(=O)(=O)N2CCC(Nc3ncc([N+](=O)[O-])c(NC4CCCC4)n3)CC2)cn1. The number of aryl methyl sites for hydroxylation is 1. The van der Waals surface area contributed by atoms with E-state index >= 15 is 0 Å². The van der Waals surface area contributed by atoms with E-state index in [-0.39, 0.29) is 28.5 Å². The number of hydrogen-bond donors (Lipinski definition) is 2. The topological polar surface area (TPSA) is 148 Å². The van der Waals surface area contributed by atoms with Crippen LogP contribution < -0.4 is 10.6 Å².